The third kappa shape index (κ3) is 4.38. The largest absolute Gasteiger partial charge is 0.338 e. The lowest BCUT2D eigenvalue weighted by Crippen LogP contribution is -2.38. The second-order valence-corrected chi connectivity index (χ2v) is 9.39. The van der Waals surface area contributed by atoms with Crippen molar-refractivity contribution in [3.63, 3.8) is 0 Å². The number of para-hydroxylation sites is 1. The molecule has 0 N–H and O–H groups in total. The van der Waals surface area contributed by atoms with E-state index in [1.807, 2.05) is 75.2 Å². The summed E-state index contributed by atoms with van der Waals surface area (Å²) < 4.78 is 1.87. The Morgan fingerprint density at radius 3 is 2.77 bits per heavy atom. The van der Waals surface area contributed by atoms with E-state index < -0.39 is 0 Å². The van der Waals surface area contributed by atoms with Crippen LogP contribution in [0.15, 0.2) is 71.7 Å². The summed E-state index contributed by atoms with van der Waals surface area (Å²) in [6.07, 6.45) is 9.52. The van der Waals surface area contributed by atoms with E-state index in [1.165, 1.54) is 0 Å². The molecule has 0 bridgehead atoms. The molecule has 5 nitrogen and oxygen atoms in total. The molecule has 0 radical (unpaired) electrons. The molecular formula is C24H22N4OS2. The molecule has 1 unspecified atom stereocenters. The van der Waals surface area contributed by atoms with Gasteiger partial charge >= 0.3 is 0 Å². The number of piperidine rings is 1. The SMILES string of the molecule is O=C(/C=C/c1cn(-c2ccccc2)nc1-c1cccs1)N1CCCC(c2nccs2)C1. The van der Waals surface area contributed by atoms with Gasteiger partial charge in [0.2, 0.25) is 5.91 Å². The number of carbonyl (C=O) groups excluding carboxylic acids is 1. The summed E-state index contributed by atoms with van der Waals surface area (Å²) in [7, 11) is 0. The number of aromatic nitrogens is 3. The van der Waals surface area contributed by atoms with Crippen molar-refractivity contribution in [2.24, 2.45) is 0 Å². The summed E-state index contributed by atoms with van der Waals surface area (Å²) in [6.45, 7) is 1.53. The minimum Gasteiger partial charge on any atom is -0.338 e. The quantitative estimate of drug-likeness (QED) is 0.382. The maximum Gasteiger partial charge on any atom is 0.246 e. The first-order valence-corrected chi connectivity index (χ1v) is 12.1. The molecule has 0 spiro atoms. The zero-order valence-corrected chi connectivity index (χ0v) is 18.6. The highest BCUT2D eigenvalue weighted by Gasteiger charge is 2.25. The molecule has 156 valence electrons. The molecule has 1 fully saturated rings. The summed E-state index contributed by atoms with van der Waals surface area (Å²) in [6, 6.07) is 14.1. The Morgan fingerprint density at radius 2 is 2.00 bits per heavy atom. The van der Waals surface area contributed by atoms with E-state index in [4.69, 9.17) is 5.10 Å². The first-order valence-electron chi connectivity index (χ1n) is 10.3. The predicted octanol–water partition coefficient (Wildman–Crippen LogP) is 5.48. The lowest BCUT2D eigenvalue weighted by Gasteiger charge is -2.31. The molecule has 3 aromatic heterocycles. The van der Waals surface area contributed by atoms with Gasteiger partial charge < -0.3 is 4.90 Å². The molecule has 1 atom stereocenters. The Morgan fingerprint density at radius 1 is 1.10 bits per heavy atom. The third-order valence-corrected chi connectivity index (χ3v) is 7.27. The Balaban J connectivity index is 1.38. The summed E-state index contributed by atoms with van der Waals surface area (Å²) in [5, 5.41) is 9.98. The van der Waals surface area contributed by atoms with Crippen LogP contribution in [-0.4, -0.2) is 38.7 Å². The first kappa shape index (κ1) is 19.9. The van der Waals surface area contributed by atoms with Crippen LogP contribution in [-0.2, 0) is 4.79 Å². The molecule has 0 aliphatic carbocycles. The zero-order chi connectivity index (χ0) is 21.0. The smallest absolute Gasteiger partial charge is 0.246 e. The number of nitrogens with zero attached hydrogens (tertiary/aromatic N) is 4. The van der Waals surface area contributed by atoms with E-state index in [1.54, 1.807) is 28.7 Å². The molecule has 4 aromatic rings. The Kier molecular flexibility index (Phi) is 5.78. The molecular weight excluding hydrogens is 424 g/mol. The fourth-order valence-corrected chi connectivity index (χ4v) is 5.41. The van der Waals surface area contributed by atoms with Crippen molar-refractivity contribution in [1.82, 2.24) is 19.7 Å². The average molecular weight is 447 g/mol. The highest BCUT2D eigenvalue weighted by atomic mass is 32.1. The summed E-state index contributed by atoms with van der Waals surface area (Å²) in [5.41, 5.74) is 2.82. The molecule has 0 saturated carbocycles. The van der Waals surface area contributed by atoms with Crippen molar-refractivity contribution in [2.45, 2.75) is 18.8 Å². The first-order chi connectivity index (χ1) is 15.3. The van der Waals surface area contributed by atoms with Gasteiger partial charge in [0.1, 0.15) is 5.69 Å². The Hall–Kier alpha value is -3.03. The van der Waals surface area contributed by atoms with Gasteiger partial charge in [0.25, 0.3) is 0 Å². The molecule has 1 aliphatic rings. The van der Waals surface area contributed by atoms with Crippen molar-refractivity contribution >= 4 is 34.7 Å². The van der Waals surface area contributed by atoms with E-state index in [2.05, 4.69) is 11.1 Å². The third-order valence-electron chi connectivity index (χ3n) is 5.46. The van der Waals surface area contributed by atoms with Crippen molar-refractivity contribution in [3.8, 4) is 16.3 Å². The fraction of sp³-hybridized carbons (Fsp3) is 0.208. The van der Waals surface area contributed by atoms with Crippen LogP contribution in [0.2, 0.25) is 0 Å². The highest BCUT2D eigenvalue weighted by Crippen LogP contribution is 2.30. The maximum absolute atomic E-state index is 13.0. The number of amides is 1. The summed E-state index contributed by atoms with van der Waals surface area (Å²) in [4.78, 5) is 20.4. The second-order valence-electron chi connectivity index (χ2n) is 7.52. The molecule has 1 aliphatic heterocycles. The number of rotatable bonds is 5. The Labute approximate surface area is 189 Å². The van der Waals surface area contributed by atoms with Crippen LogP contribution in [0.1, 0.15) is 29.3 Å². The van der Waals surface area contributed by atoms with E-state index in [-0.39, 0.29) is 5.91 Å². The molecule has 1 aromatic carbocycles. The van der Waals surface area contributed by atoms with Crippen LogP contribution < -0.4 is 0 Å². The van der Waals surface area contributed by atoms with Gasteiger partial charge in [0, 0.05) is 48.4 Å². The number of carbonyl (C=O) groups is 1. The predicted molar refractivity (Wildman–Crippen MR) is 127 cm³/mol. The van der Waals surface area contributed by atoms with Crippen molar-refractivity contribution in [2.75, 3.05) is 13.1 Å². The van der Waals surface area contributed by atoms with E-state index in [9.17, 15) is 4.79 Å². The van der Waals surface area contributed by atoms with Gasteiger partial charge in [-0.05, 0) is 42.5 Å². The number of thiophene rings is 1. The number of likely N-dealkylation sites (tertiary alicyclic amines) is 1. The summed E-state index contributed by atoms with van der Waals surface area (Å²) in [5.74, 6) is 0.388. The topological polar surface area (TPSA) is 51.0 Å². The average Bonchev–Trinajstić information content (AvgIpc) is 3.59. The zero-order valence-electron chi connectivity index (χ0n) is 16.9. The molecule has 1 saturated heterocycles. The van der Waals surface area contributed by atoms with Gasteiger partial charge in [0.15, 0.2) is 0 Å². The number of hydrogen-bond donors (Lipinski definition) is 0. The van der Waals surface area contributed by atoms with Gasteiger partial charge in [-0.3, -0.25) is 4.79 Å². The van der Waals surface area contributed by atoms with Crippen LogP contribution in [0.5, 0.6) is 0 Å². The van der Waals surface area contributed by atoms with Gasteiger partial charge in [-0.15, -0.1) is 22.7 Å². The second kappa shape index (κ2) is 8.99. The fourth-order valence-electron chi connectivity index (χ4n) is 3.91. The number of thiazole rings is 1. The van der Waals surface area contributed by atoms with Gasteiger partial charge in [-0.2, -0.15) is 5.10 Å². The standard InChI is InChI=1S/C24H22N4OS2/c29-22(27-13-4-6-19(16-27)24-25-12-15-31-24)11-10-18-17-28(20-7-2-1-3-8-20)26-23(18)21-9-5-14-30-21/h1-3,5,7-12,14-15,17,19H,4,6,13,16H2/b11-10+. The normalized spacial score (nSPS) is 16.8. The maximum atomic E-state index is 13.0. The van der Waals surface area contributed by atoms with E-state index in [0.29, 0.717) is 5.92 Å². The highest BCUT2D eigenvalue weighted by molar-refractivity contribution is 7.13. The van der Waals surface area contributed by atoms with Crippen molar-refractivity contribution < 1.29 is 4.79 Å². The lowest BCUT2D eigenvalue weighted by molar-refractivity contribution is -0.127. The van der Waals surface area contributed by atoms with Crippen LogP contribution in [0.4, 0.5) is 0 Å². The van der Waals surface area contributed by atoms with Crippen LogP contribution in [0.25, 0.3) is 22.3 Å². The monoisotopic (exact) mass is 446 g/mol. The van der Waals surface area contributed by atoms with Crippen LogP contribution in [0, 0.1) is 0 Å². The number of hydrogen-bond acceptors (Lipinski definition) is 5. The molecule has 4 heterocycles. The van der Waals surface area contributed by atoms with Gasteiger partial charge in [-0.1, -0.05) is 24.3 Å². The minimum atomic E-state index is 0.0471. The summed E-state index contributed by atoms with van der Waals surface area (Å²) >= 11 is 3.33. The van der Waals surface area contributed by atoms with Crippen LogP contribution >= 0.6 is 22.7 Å². The van der Waals surface area contributed by atoms with Gasteiger partial charge in [-0.25, -0.2) is 9.67 Å². The van der Waals surface area contributed by atoms with Gasteiger partial charge in [0.05, 0.1) is 15.6 Å². The van der Waals surface area contributed by atoms with Crippen molar-refractivity contribution in [3.05, 3.63) is 82.3 Å². The minimum absolute atomic E-state index is 0.0471. The van der Waals surface area contributed by atoms with E-state index in [0.717, 1.165) is 52.8 Å². The lowest BCUT2D eigenvalue weighted by atomic mass is 9.98. The number of benzene rings is 1. The molecule has 5 rings (SSSR count). The van der Waals surface area contributed by atoms with E-state index >= 15 is 0 Å². The van der Waals surface area contributed by atoms with Crippen molar-refractivity contribution in [1.29, 1.82) is 0 Å². The van der Waals surface area contributed by atoms with Crippen LogP contribution in [0.3, 0.4) is 0 Å². The molecule has 1 amide bonds. The molecule has 7 heteroatoms. The molecule has 31 heavy (non-hydrogen) atoms. The Bertz CT molecular complexity index is 1160.